The van der Waals surface area contributed by atoms with Crippen molar-refractivity contribution in [2.45, 2.75) is 13.8 Å². The molecular weight excluding hydrogens is 217 g/mol. The highest BCUT2D eigenvalue weighted by molar-refractivity contribution is 5.90. The van der Waals surface area contributed by atoms with Crippen LogP contribution in [0.3, 0.4) is 0 Å². The minimum Gasteiger partial charge on any atom is -0.462 e. The van der Waals surface area contributed by atoms with E-state index in [9.17, 15) is 19.3 Å². The first kappa shape index (κ1) is 12.1. The lowest BCUT2D eigenvalue weighted by molar-refractivity contribution is -0.385. The Morgan fingerprint density at radius 1 is 1.56 bits per heavy atom. The van der Waals surface area contributed by atoms with Gasteiger partial charge in [0.15, 0.2) is 0 Å². The molecule has 0 saturated carbocycles. The van der Waals surface area contributed by atoms with Crippen molar-refractivity contribution in [1.29, 1.82) is 0 Å². The molecule has 16 heavy (non-hydrogen) atoms. The van der Waals surface area contributed by atoms with E-state index in [0.29, 0.717) is 0 Å². The van der Waals surface area contributed by atoms with Gasteiger partial charge in [0.05, 0.1) is 23.2 Å². The molecule has 0 radical (unpaired) electrons. The first-order chi connectivity index (χ1) is 7.47. The monoisotopic (exact) mass is 227 g/mol. The number of nitro groups is 1. The summed E-state index contributed by atoms with van der Waals surface area (Å²) in [6.07, 6.45) is 0. The molecule has 6 heteroatoms. The zero-order chi connectivity index (χ0) is 12.3. The van der Waals surface area contributed by atoms with Gasteiger partial charge in [0.2, 0.25) is 0 Å². The number of hydrogen-bond donors (Lipinski definition) is 0. The van der Waals surface area contributed by atoms with Gasteiger partial charge in [-0.05, 0) is 19.9 Å². The number of carbonyl (C=O) groups is 1. The smallest absolute Gasteiger partial charge is 0.341 e. The maximum absolute atomic E-state index is 13.4. The summed E-state index contributed by atoms with van der Waals surface area (Å²) < 4.78 is 18.0. The van der Waals surface area contributed by atoms with Crippen molar-refractivity contribution >= 4 is 11.7 Å². The van der Waals surface area contributed by atoms with Crippen LogP contribution in [0.25, 0.3) is 0 Å². The van der Waals surface area contributed by atoms with E-state index >= 15 is 0 Å². The molecule has 0 saturated heterocycles. The summed E-state index contributed by atoms with van der Waals surface area (Å²) in [4.78, 5) is 21.1. The Hall–Kier alpha value is -1.98. The van der Waals surface area contributed by atoms with Gasteiger partial charge in [-0.2, -0.15) is 0 Å². The van der Waals surface area contributed by atoms with Crippen molar-refractivity contribution in [3.63, 3.8) is 0 Å². The van der Waals surface area contributed by atoms with Crippen molar-refractivity contribution in [3.05, 3.63) is 39.2 Å². The molecule has 0 N–H and O–H groups in total. The SMILES string of the molecule is CCOC(=O)c1cc(C)c([N+](=O)[O-])cc1F. The quantitative estimate of drug-likeness (QED) is 0.451. The van der Waals surface area contributed by atoms with Crippen LogP contribution in [0.5, 0.6) is 0 Å². The van der Waals surface area contributed by atoms with Gasteiger partial charge < -0.3 is 4.74 Å². The average molecular weight is 227 g/mol. The van der Waals surface area contributed by atoms with Crippen molar-refractivity contribution in [2.24, 2.45) is 0 Å². The van der Waals surface area contributed by atoms with E-state index in [-0.39, 0.29) is 23.4 Å². The molecule has 0 spiro atoms. The van der Waals surface area contributed by atoms with E-state index in [1.54, 1.807) is 6.92 Å². The molecule has 0 fully saturated rings. The van der Waals surface area contributed by atoms with E-state index in [0.717, 1.165) is 12.1 Å². The number of aryl methyl sites for hydroxylation is 1. The number of esters is 1. The highest BCUT2D eigenvalue weighted by Gasteiger charge is 2.20. The Morgan fingerprint density at radius 3 is 2.69 bits per heavy atom. The summed E-state index contributed by atoms with van der Waals surface area (Å²) >= 11 is 0. The summed E-state index contributed by atoms with van der Waals surface area (Å²) in [6, 6.07) is 1.84. The molecule has 0 amide bonds. The lowest BCUT2D eigenvalue weighted by Gasteiger charge is -2.04. The second kappa shape index (κ2) is 4.69. The predicted octanol–water partition coefficient (Wildman–Crippen LogP) is 2.22. The molecule has 0 heterocycles. The highest BCUT2D eigenvalue weighted by Crippen LogP contribution is 2.22. The van der Waals surface area contributed by atoms with E-state index < -0.39 is 16.7 Å². The van der Waals surface area contributed by atoms with Crippen molar-refractivity contribution in [1.82, 2.24) is 0 Å². The maximum Gasteiger partial charge on any atom is 0.341 e. The lowest BCUT2D eigenvalue weighted by Crippen LogP contribution is -2.08. The zero-order valence-corrected chi connectivity index (χ0v) is 8.82. The number of carbonyl (C=O) groups excluding carboxylic acids is 1. The van der Waals surface area contributed by atoms with Gasteiger partial charge in [-0.1, -0.05) is 0 Å². The number of halogens is 1. The van der Waals surface area contributed by atoms with Gasteiger partial charge >= 0.3 is 5.97 Å². The summed E-state index contributed by atoms with van der Waals surface area (Å²) in [5.74, 6) is -1.77. The number of benzene rings is 1. The van der Waals surface area contributed by atoms with E-state index in [1.165, 1.54) is 6.92 Å². The van der Waals surface area contributed by atoms with Crippen molar-refractivity contribution in [2.75, 3.05) is 6.61 Å². The van der Waals surface area contributed by atoms with Crippen LogP contribution in [0.1, 0.15) is 22.8 Å². The third-order valence-corrected chi connectivity index (χ3v) is 1.98. The number of nitrogens with zero attached hydrogens (tertiary/aromatic N) is 1. The standard InChI is InChI=1S/C10H10FNO4/c1-3-16-10(13)7-4-6(2)9(12(14)15)5-8(7)11/h4-5H,3H2,1-2H3. The summed E-state index contributed by atoms with van der Waals surface area (Å²) in [7, 11) is 0. The van der Waals surface area contributed by atoms with Crippen molar-refractivity contribution in [3.8, 4) is 0 Å². The average Bonchev–Trinajstić information content (AvgIpc) is 2.20. The first-order valence-electron chi connectivity index (χ1n) is 4.59. The molecule has 0 aromatic heterocycles. The normalized spacial score (nSPS) is 9.94. The molecule has 0 atom stereocenters. The molecule has 0 aliphatic heterocycles. The second-order valence-electron chi connectivity index (χ2n) is 3.10. The van der Waals surface area contributed by atoms with Gasteiger partial charge in [0.25, 0.3) is 5.69 Å². The second-order valence-corrected chi connectivity index (χ2v) is 3.10. The lowest BCUT2D eigenvalue weighted by atomic mass is 10.1. The Balaban J connectivity index is 3.20. The molecule has 0 aliphatic carbocycles. The van der Waals surface area contributed by atoms with E-state index in [1.807, 2.05) is 0 Å². The molecular formula is C10H10FNO4. The highest BCUT2D eigenvalue weighted by atomic mass is 19.1. The number of nitro benzene ring substituents is 1. The third-order valence-electron chi connectivity index (χ3n) is 1.98. The summed E-state index contributed by atoms with van der Waals surface area (Å²) in [5, 5.41) is 10.5. The van der Waals surface area contributed by atoms with Crippen LogP contribution in [0.4, 0.5) is 10.1 Å². The van der Waals surface area contributed by atoms with Gasteiger partial charge in [0.1, 0.15) is 5.82 Å². The van der Waals surface area contributed by atoms with Crippen LogP contribution < -0.4 is 0 Å². The molecule has 86 valence electrons. The predicted molar refractivity (Wildman–Crippen MR) is 53.7 cm³/mol. The van der Waals surface area contributed by atoms with Crippen LogP contribution in [-0.4, -0.2) is 17.5 Å². The topological polar surface area (TPSA) is 69.4 Å². The minimum atomic E-state index is -0.948. The fourth-order valence-electron chi connectivity index (χ4n) is 1.23. The van der Waals surface area contributed by atoms with Crippen LogP contribution >= 0.6 is 0 Å². The molecule has 5 nitrogen and oxygen atoms in total. The Labute approximate surface area is 91.0 Å². The molecule has 0 unspecified atom stereocenters. The minimum absolute atomic E-state index is 0.119. The third kappa shape index (κ3) is 2.33. The fraction of sp³-hybridized carbons (Fsp3) is 0.300. The van der Waals surface area contributed by atoms with Gasteiger partial charge in [-0.3, -0.25) is 10.1 Å². The van der Waals surface area contributed by atoms with Gasteiger partial charge in [0, 0.05) is 5.56 Å². The number of ether oxygens (including phenoxy) is 1. The molecule has 1 aromatic rings. The maximum atomic E-state index is 13.4. The first-order valence-corrected chi connectivity index (χ1v) is 4.59. The van der Waals surface area contributed by atoms with E-state index in [2.05, 4.69) is 4.74 Å². The van der Waals surface area contributed by atoms with Crippen LogP contribution in [0, 0.1) is 22.9 Å². The van der Waals surface area contributed by atoms with Crippen molar-refractivity contribution < 1.29 is 18.8 Å². The Bertz CT molecular complexity index is 445. The summed E-state index contributed by atoms with van der Waals surface area (Å²) in [6.45, 7) is 3.14. The van der Waals surface area contributed by atoms with E-state index in [4.69, 9.17) is 0 Å². The molecule has 0 aliphatic rings. The van der Waals surface area contributed by atoms with Crippen LogP contribution in [0.15, 0.2) is 12.1 Å². The van der Waals surface area contributed by atoms with Crippen LogP contribution in [-0.2, 0) is 4.74 Å². The number of rotatable bonds is 3. The zero-order valence-electron chi connectivity index (χ0n) is 8.82. The Kier molecular flexibility index (Phi) is 3.55. The molecule has 0 bridgehead atoms. The molecule has 1 aromatic carbocycles. The fourth-order valence-corrected chi connectivity index (χ4v) is 1.23. The number of hydrogen-bond acceptors (Lipinski definition) is 4. The van der Waals surface area contributed by atoms with Crippen LogP contribution in [0.2, 0.25) is 0 Å². The van der Waals surface area contributed by atoms with Gasteiger partial charge in [-0.15, -0.1) is 0 Å². The summed E-state index contributed by atoms with van der Waals surface area (Å²) in [5.41, 5.74) is -0.426. The molecule has 1 rings (SSSR count). The largest absolute Gasteiger partial charge is 0.462 e. The van der Waals surface area contributed by atoms with Gasteiger partial charge in [-0.25, -0.2) is 9.18 Å². The Morgan fingerprint density at radius 2 is 2.19 bits per heavy atom.